The van der Waals surface area contributed by atoms with Gasteiger partial charge in [-0.3, -0.25) is 0 Å². The van der Waals surface area contributed by atoms with Crippen LogP contribution in [0, 0.1) is 11.8 Å². The van der Waals surface area contributed by atoms with Crippen LogP contribution < -0.4 is 16.0 Å². The third kappa shape index (κ3) is 12.5. The molecule has 2 saturated heterocycles. The SMILES string of the molecule is CNCCCCC(NC(=O)OCCCOC(=O)NC(CC(C)C)C(=O)O[C@@H]1COC2C1OC[C@@H]2C)C(=O)OCc1ccccc1. The van der Waals surface area contributed by atoms with Gasteiger partial charge in [-0.1, -0.05) is 51.1 Å². The highest BCUT2D eigenvalue weighted by atomic mass is 16.6. The first-order valence-corrected chi connectivity index (χ1v) is 15.8. The normalized spacial score (nSPS) is 21.8. The molecule has 0 radical (unpaired) electrons. The number of fused-ring (bicyclic) bond motifs is 1. The van der Waals surface area contributed by atoms with Crippen LogP contribution >= 0.6 is 0 Å². The Morgan fingerprint density at radius 3 is 2.18 bits per heavy atom. The van der Waals surface area contributed by atoms with Crippen molar-refractivity contribution >= 4 is 24.1 Å². The average molecular weight is 636 g/mol. The van der Waals surface area contributed by atoms with E-state index in [2.05, 4.69) is 16.0 Å². The quantitative estimate of drug-likeness (QED) is 0.124. The summed E-state index contributed by atoms with van der Waals surface area (Å²) in [7, 11) is 1.85. The van der Waals surface area contributed by atoms with Crippen molar-refractivity contribution in [1.29, 1.82) is 0 Å². The number of benzene rings is 1. The molecule has 2 aliphatic heterocycles. The number of alkyl carbamates (subject to hydrolysis) is 2. The lowest BCUT2D eigenvalue weighted by Gasteiger charge is -2.23. The van der Waals surface area contributed by atoms with E-state index in [-0.39, 0.29) is 56.9 Å². The average Bonchev–Trinajstić information content (AvgIpc) is 3.59. The van der Waals surface area contributed by atoms with Crippen molar-refractivity contribution in [1.82, 2.24) is 16.0 Å². The van der Waals surface area contributed by atoms with Gasteiger partial charge < -0.3 is 44.4 Å². The van der Waals surface area contributed by atoms with Gasteiger partial charge in [0.15, 0.2) is 6.10 Å². The van der Waals surface area contributed by atoms with Gasteiger partial charge in [0.1, 0.15) is 24.8 Å². The van der Waals surface area contributed by atoms with Gasteiger partial charge in [0.2, 0.25) is 0 Å². The zero-order chi connectivity index (χ0) is 32.6. The first-order chi connectivity index (χ1) is 21.7. The Morgan fingerprint density at radius 2 is 1.51 bits per heavy atom. The van der Waals surface area contributed by atoms with E-state index in [0.717, 1.165) is 18.5 Å². The predicted octanol–water partition coefficient (Wildman–Crippen LogP) is 3.09. The fourth-order valence-corrected chi connectivity index (χ4v) is 5.16. The maximum Gasteiger partial charge on any atom is 0.407 e. The Labute approximate surface area is 265 Å². The molecule has 4 unspecified atom stereocenters. The number of hydrogen-bond acceptors (Lipinski definition) is 11. The van der Waals surface area contributed by atoms with E-state index in [1.165, 1.54) is 0 Å². The summed E-state index contributed by atoms with van der Waals surface area (Å²) in [5.74, 6) is -0.779. The summed E-state index contributed by atoms with van der Waals surface area (Å²) in [6.45, 7) is 7.48. The Bertz CT molecular complexity index is 1070. The van der Waals surface area contributed by atoms with E-state index in [0.29, 0.717) is 25.9 Å². The molecular formula is C32H49N3O10. The highest BCUT2D eigenvalue weighted by molar-refractivity contribution is 5.82. The summed E-state index contributed by atoms with van der Waals surface area (Å²) in [5.41, 5.74) is 0.841. The van der Waals surface area contributed by atoms with Gasteiger partial charge in [-0.2, -0.15) is 0 Å². The zero-order valence-electron chi connectivity index (χ0n) is 26.8. The lowest BCUT2D eigenvalue weighted by molar-refractivity contribution is -0.156. The van der Waals surface area contributed by atoms with Crippen LogP contribution in [0.4, 0.5) is 9.59 Å². The first-order valence-electron chi connectivity index (χ1n) is 15.8. The van der Waals surface area contributed by atoms with Crippen molar-refractivity contribution < 1.29 is 47.6 Å². The molecule has 45 heavy (non-hydrogen) atoms. The third-order valence-electron chi connectivity index (χ3n) is 7.53. The molecule has 2 fully saturated rings. The number of nitrogens with one attached hydrogen (secondary N) is 3. The zero-order valence-corrected chi connectivity index (χ0v) is 26.8. The molecule has 2 aliphatic rings. The fraction of sp³-hybridized carbons (Fsp3) is 0.688. The molecule has 0 aliphatic carbocycles. The molecule has 0 aromatic heterocycles. The number of ether oxygens (including phenoxy) is 6. The molecule has 3 N–H and O–H groups in total. The summed E-state index contributed by atoms with van der Waals surface area (Å²) in [6, 6.07) is 7.52. The van der Waals surface area contributed by atoms with Crippen molar-refractivity contribution in [2.75, 3.05) is 40.0 Å². The van der Waals surface area contributed by atoms with Gasteiger partial charge in [-0.05, 0) is 50.8 Å². The van der Waals surface area contributed by atoms with Crippen LogP contribution in [-0.4, -0.2) is 94.5 Å². The molecule has 0 spiro atoms. The summed E-state index contributed by atoms with van der Waals surface area (Å²) in [5, 5.41) is 8.23. The van der Waals surface area contributed by atoms with E-state index in [4.69, 9.17) is 28.4 Å². The van der Waals surface area contributed by atoms with Gasteiger partial charge >= 0.3 is 24.1 Å². The molecule has 13 nitrogen and oxygen atoms in total. The van der Waals surface area contributed by atoms with Gasteiger partial charge in [0.05, 0.1) is 32.5 Å². The highest BCUT2D eigenvalue weighted by Crippen LogP contribution is 2.32. The number of amides is 2. The molecular weight excluding hydrogens is 586 g/mol. The largest absolute Gasteiger partial charge is 0.459 e. The predicted molar refractivity (Wildman–Crippen MR) is 163 cm³/mol. The molecule has 1 aromatic carbocycles. The molecule has 2 heterocycles. The molecule has 2 amide bonds. The summed E-state index contributed by atoms with van der Waals surface area (Å²) in [4.78, 5) is 50.5. The van der Waals surface area contributed by atoms with Crippen molar-refractivity contribution in [3.63, 3.8) is 0 Å². The van der Waals surface area contributed by atoms with E-state index >= 15 is 0 Å². The van der Waals surface area contributed by atoms with Crippen LogP contribution in [0.3, 0.4) is 0 Å². The lowest BCUT2D eigenvalue weighted by atomic mass is 10.0. The molecule has 0 bridgehead atoms. The molecule has 1 aromatic rings. The van der Waals surface area contributed by atoms with Crippen LogP contribution in [0.5, 0.6) is 0 Å². The standard InChI is InChI=1S/C32H49N3O10/c1-21(2)17-25(30(37)45-26-20-43-27-22(3)18-42-28(26)27)35-32(39)41-16-10-15-40-31(38)34-24(13-8-9-14-33-4)29(36)44-19-23-11-6-5-7-12-23/h5-7,11-12,21-22,24-28,33H,8-10,13-20H2,1-4H3,(H,34,38)(H,35,39)/t22-,24?,25?,26+,27?,28?/m0/s1. The topological polar surface area (TPSA) is 160 Å². The minimum absolute atomic E-state index is 0.0508. The van der Waals surface area contributed by atoms with Gasteiger partial charge in [0.25, 0.3) is 0 Å². The van der Waals surface area contributed by atoms with Crippen molar-refractivity contribution in [3.8, 4) is 0 Å². The van der Waals surface area contributed by atoms with Crippen LogP contribution in [0.1, 0.15) is 58.4 Å². The van der Waals surface area contributed by atoms with Crippen molar-refractivity contribution in [3.05, 3.63) is 35.9 Å². The summed E-state index contributed by atoms with van der Waals surface area (Å²) < 4.78 is 33.0. The number of hydrogen-bond donors (Lipinski definition) is 3. The number of rotatable bonds is 18. The highest BCUT2D eigenvalue weighted by Gasteiger charge is 2.48. The van der Waals surface area contributed by atoms with Crippen LogP contribution in [0.2, 0.25) is 0 Å². The second-order valence-electron chi connectivity index (χ2n) is 11.9. The second kappa shape index (κ2) is 19.2. The molecule has 0 saturated carbocycles. The Hall–Kier alpha value is -3.42. The van der Waals surface area contributed by atoms with Crippen LogP contribution in [0.15, 0.2) is 30.3 Å². The smallest absolute Gasteiger partial charge is 0.407 e. The number of carbonyl (C=O) groups excluding carboxylic acids is 4. The minimum Gasteiger partial charge on any atom is -0.459 e. The monoisotopic (exact) mass is 635 g/mol. The fourth-order valence-electron chi connectivity index (χ4n) is 5.16. The van der Waals surface area contributed by atoms with Gasteiger partial charge in [-0.15, -0.1) is 0 Å². The van der Waals surface area contributed by atoms with E-state index < -0.39 is 42.3 Å². The summed E-state index contributed by atoms with van der Waals surface area (Å²) in [6.07, 6.45) is 0.0134. The third-order valence-corrected chi connectivity index (χ3v) is 7.53. The molecule has 252 valence electrons. The number of esters is 2. The molecule has 6 atom stereocenters. The maximum atomic E-state index is 12.9. The van der Waals surface area contributed by atoms with Gasteiger partial charge in [-0.25, -0.2) is 19.2 Å². The van der Waals surface area contributed by atoms with Crippen LogP contribution in [-0.2, 0) is 44.6 Å². The Morgan fingerprint density at radius 1 is 0.844 bits per heavy atom. The van der Waals surface area contributed by atoms with Crippen molar-refractivity contribution in [2.24, 2.45) is 11.8 Å². The lowest BCUT2D eigenvalue weighted by Crippen LogP contribution is -2.45. The summed E-state index contributed by atoms with van der Waals surface area (Å²) >= 11 is 0. The molecule has 3 rings (SSSR count). The molecule has 13 heteroatoms. The number of carbonyl (C=O) groups is 4. The Balaban J connectivity index is 1.37. The Kier molecular flexibility index (Phi) is 15.4. The minimum atomic E-state index is -0.899. The number of unbranched alkanes of at least 4 members (excludes halogenated alkanes) is 1. The van der Waals surface area contributed by atoms with Gasteiger partial charge in [0, 0.05) is 12.3 Å². The van der Waals surface area contributed by atoms with E-state index in [1.807, 2.05) is 58.2 Å². The van der Waals surface area contributed by atoms with Crippen LogP contribution in [0.25, 0.3) is 0 Å². The van der Waals surface area contributed by atoms with E-state index in [9.17, 15) is 19.2 Å². The first kappa shape index (κ1) is 36.1. The maximum absolute atomic E-state index is 12.9. The second-order valence-corrected chi connectivity index (χ2v) is 11.9. The van der Waals surface area contributed by atoms with E-state index in [1.54, 1.807) is 0 Å². The van der Waals surface area contributed by atoms with Crippen molar-refractivity contribution in [2.45, 2.75) is 89.9 Å².